The number of rotatable bonds is 6. The summed E-state index contributed by atoms with van der Waals surface area (Å²) >= 11 is 0. The number of anilines is 1. The number of nitrogens with zero attached hydrogens (tertiary/aromatic N) is 1. The molecule has 1 heterocycles. The Balaban J connectivity index is 1.72. The Bertz CT molecular complexity index is 974. The predicted octanol–water partition coefficient (Wildman–Crippen LogP) is 3.83. The Morgan fingerprint density at radius 2 is 1.68 bits per heavy atom. The lowest BCUT2D eigenvalue weighted by Crippen LogP contribution is -2.27. The lowest BCUT2D eigenvalue weighted by Gasteiger charge is -2.14. The van der Waals surface area contributed by atoms with Gasteiger partial charge in [0.25, 0.3) is 11.8 Å². The van der Waals surface area contributed by atoms with Crippen molar-refractivity contribution in [2.45, 2.75) is 13.0 Å². The van der Waals surface area contributed by atoms with Crippen molar-refractivity contribution in [2.24, 2.45) is 0 Å². The number of carbonyl (C=O) groups is 2. The maximum atomic E-state index is 12.6. The topological polar surface area (TPSA) is 80.3 Å². The van der Waals surface area contributed by atoms with E-state index in [0.717, 1.165) is 5.56 Å². The molecule has 1 aromatic heterocycles. The molecule has 6 nitrogen and oxygen atoms in total. The summed E-state index contributed by atoms with van der Waals surface area (Å²) in [6.45, 7) is 1.89. The number of ether oxygens (including phenoxy) is 1. The molecule has 0 bridgehead atoms. The van der Waals surface area contributed by atoms with E-state index in [4.69, 9.17) is 4.74 Å². The number of para-hydroxylation sites is 2. The highest BCUT2D eigenvalue weighted by Gasteiger charge is 2.15. The zero-order chi connectivity index (χ0) is 19.9. The van der Waals surface area contributed by atoms with Crippen molar-refractivity contribution < 1.29 is 14.3 Å². The molecule has 0 fully saturated rings. The Labute approximate surface area is 163 Å². The first kappa shape index (κ1) is 19.1. The monoisotopic (exact) mass is 375 g/mol. The van der Waals surface area contributed by atoms with Gasteiger partial charge in [-0.25, -0.2) is 0 Å². The molecule has 0 aliphatic heterocycles. The number of nitrogens with one attached hydrogen (secondary N) is 2. The molecule has 1 unspecified atom stereocenters. The Kier molecular flexibility index (Phi) is 6.01. The number of hydrogen-bond donors (Lipinski definition) is 2. The van der Waals surface area contributed by atoms with Crippen molar-refractivity contribution in [1.82, 2.24) is 10.3 Å². The zero-order valence-corrected chi connectivity index (χ0v) is 15.7. The van der Waals surface area contributed by atoms with E-state index >= 15 is 0 Å². The summed E-state index contributed by atoms with van der Waals surface area (Å²) in [4.78, 5) is 29.2. The Morgan fingerprint density at radius 1 is 0.964 bits per heavy atom. The number of methoxy groups -OCH3 is 1. The molecule has 0 saturated carbocycles. The molecule has 0 spiro atoms. The summed E-state index contributed by atoms with van der Waals surface area (Å²) in [5.74, 6) is -0.139. The predicted molar refractivity (Wildman–Crippen MR) is 108 cm³/mol. The molecule has 2 amide bonds. The summed E-state index contributed by atoms with van der Waals surface area (Å²) in [6, 6.07) is 19.6. The van der Waals surface area contributed by atoms with Gasteiger partial charge in [-0.15, -0.1) is 0 Å². The minimum atomic E-state index is -0.350. The van der Waals surface area contributed by atoms with E-state index in [-0.39, 0.29) is 23.6 Å². The molecule has 2 N–H and O–H groups in total. The molecule has 0 aliphatic rings. The van der Waals surface area contributed by atoms with Gasteiger partial charge >= 0.3 is 0 Å². The fraction of sp³-hybridized carbons (Fsp3) is 0.136. The van der Waals surface area contributed by atoms with E-state index in [1.54, 1.807) is 24.3 Å². The summed E-state index contributed by atoms with van der Waals surface area (Å²) in [5, 5.41) is 5.68. The van der Waals surface area contributed by atoms with E-state index in [0.29, 0.717) is 17.0 Å². The maximum absolute atomic E-state index is 12.6. The van der Waals surface area contributed by atoms with Crippen LogP contribution in [0.2, 0.25) is 0 Å². The number of carbonyl (C=O) groups excluding carboxylic acids is 2. The fourth-order valence-electron chi connectivity index (χ4n) is 2.73. The highest BCUT2D eigenvalue weighted by Crippen LogP contribution is 2.23. The summed E-state index contributed by atoms with van der Waals surface area (Å²) in [7, 11) is 1.54. The van der Waals surface area contributed by atoms with Crippen molar-refractivity contribution in [3.05, 3.63) is 89.7 Å². The average Bonchev–Trinajstić information content (AvgIpc) is 2.74. The fourth-order valence-corrected chi connectivity index (χ4v) is 2.73. The van der Waals surface area contributed by atoms with Crippen LogP contribution in [0.1, 0.15) is 39.4 Å². The van der Waals surface area contributed by atoms with Crippen LogP contribution in [0.25, 0.3) is 0 Å². The second-order valence-electron chi connectivity index (χ2n) is 6.19. The molecular formula is C22H21N3O3. The van der Waals surface area contributed by atoms with E-state index in [9.17, 15) is 9.59 Å². The molecular weight excluding hydrogens is 354 g/mol. The smallest absolute Gasteiger partial charge is 0.270 e. The van der Waals surface area contributed by atoms with Crippen molar-refractivity contribution >= 4 is 17.5 Å². The van der Waals surface area contributed by atoms with Gasteiger partial charge in [-0.05, 0) is 36.8 Å². The Morgan fingerprint density at radius 3 is 2.43 bits per heavy atom. The minimum Gasteiger partial charge on any atom is -0.495 e. The van der Waals surface area contributed by atoms with E-state index in [1.165, 1.54) is 19.4 Å². The molecule has 3 rings (SSSR count). The minimum absolute atomic E-state index is 0.176. The third kappa shape index (κ3) is 4.54. The first-order valence-electron chi connectivity index (χ1n) is 8.84. The van der Waals surface area contributed by atoms with Crippen LogP contribution in [-0.2, 0) is 0 Å². The number of pyridine rings is 1. The van der Waals surface area contributed by atoms with Crippen LogP contribution in [0, 0.1) is 0 Å². The van der Waals surface area contributed by atoms with Crippen molar-refractivity contribution in [3.8, 4) is 5.75 Å². The van der Waals surface area contributed by atoms with Crippen LogP contribution in [-0.4, -0.2) is 23.9 Å². The SMILES string of the molecule is COc1ccccc1NC(=O)c1ccnc(C(=O)NC(C)c2ccccc2)c1. The van der Waals surface area contributed by atoms with Crippen molar-refractivity contribution in [2.75, 3.05) is 12.4 Å². The first-order valence-corrected chi connectivity index (χ1v) is 8.84. The zero-order valence-electron chi connectivity index (χ0n) is 15.7. The van der Waals surface area contributed by atoms with Gasteiger partial charge in [0.15, 0.2) is 0 Å². The standard InChI is InChI=1S/C22H21N3O3/c1-15(16-8-4-3-5-9-16)24-22(27)19-14-17(12-13-23-19)21(26)25-18-10-6-7-11-20(18)28-2/h3-15H,1-2H3,(H,24,27)(H,25,26). The third-order valence-corrected chi connectivity index (χ3v) is 4.26. The van der Waals surface area contributed by atoms with Crippen molar-refractivity contribution in [1.29, 1.82) is 0 Å². The lowest BCUT2D eigenvalue weighted by molar-refractivity contribution is 0.0935. The van der Waals surface area contributed by atoms with Gasteiger partial charge < -0.3 is 15.4 Å². The lowest BCUT2D eigenvalue weighted by atomic mass is 10.1. The van der Waals surface area contributed by atoms with Crippen molar-refractivity contribution in [3.63, 3.8) is 0 Å². The number of hydrogen-bond acceptors (Lipinski definition) is 4. The molecule has 0 aliphatic carbocycles. The first-order chi connectivity index (χ1) is 13.6. The molecule has 28 heavy (non-hydrogen) atoms. The molecule has 3 aromatic rings. The summed E-state index contributed by atoms with van der Waals surface area (Å²) < 4.78 is 5.24. The van der Waals surface area contributed by atoms with Crippen LogP contribution in [0.4, 0.5) is 5.69 Å². The van der Waals surface area contributed by atoms with Gasteiger partial charge in [0.05, 0.1) is 18.8 Å². The quantitative estimate of drug-likeness (QED) is 0.686. The number of aromatic nitrogens is 1. The van der Waals surface area contributed by atoms with Gasteiger partial charge in [-0.2, -0.15) is 0 Å². The summed E-state index contributed by atoms with van der Waals surface area (Å²) in [6.07, 6.45) is 1.44. The molecule has 0 radical (unpaired) electrons. The van der Waals surface area contributed by atoms with Crippen LogP contribution >= 0.6 is 0 Å². The Hall–Kier alpha value is -3.67. The average molecular weight is 375 g/mol. The highest BCUT2D eigenvalue weighted by atomic mass is 16.5. The number of amides is 2. The van der Waals surface area contributed by atoms with Gasteiger partial charge in [0.1, 0.15) is 11.4 Å². The maximum Gasteiger partial charge on any atom is 0.270 e. The van der Waals surface area contributed by atoms with E-state index < -0.39 is 0 Å². The normalized spacial score (nSPS) is 11.4. The number of benzene rings is 2. The molecule has 142 valence electrons. The molecule has 0 saturated heterocycles. The van der Waals surface area contributed by atoms with Crippen LogP contribution in [0.15, 0.2) is 72.9 Å². The summed E-state index contributed by atoms with van der Waals surface area (Å²) in [5.41, 5.74) is 2.05. The van der Waals surface area contributed by atoms with Crippen LogP contribution in [0.5, 0.6) is 5.75 Å². The van der Waals surface area contributed by atoms with Gasteiger partial charge in [-0.1, -0.05) is 42.5 Å². The van der Waals surface area contributed by atoms with Gasteiger partial charge in [0, 0.05) is 11.8 Å². The third-order valence-electron chi connectivity index (χ3n) is 4.26. The van der Waals surface area contributed by atoms with Crippen LogP contribution < -0.4 is 15.4 Å². The molecule has 2 aromatic carbocycles. The van der Waals surface area contributed by atoms with Gasteiger partial charge in [0.2, 0.25) is 0 Å². The van der Waals surface area contributed by atoms with E-state index in [2.05, 4.69) is 15.6 Å². The van der Waals surface area contributed by atoms with Crippen LogP contribution in [0.3, 0.4) is 0 Å². The molecule has 1 atom stereocenters. The second-order valence-corrected chi connectivity index (χ2v) is 6.19. The van der Waals surface area contributed by atoms with Gasteiger partial charge in [-0.3, -0.25) is 14.6 Å². The molecule has 6 heteroatoms. The largest absolute Gasteiger partial charge is 0.495 e. The second kappa shape index (κ2) is 8.81. The van der Waals surface area contributed by atoms with E-state index in [1.807, 2.05) is 43.3 Å². The highest BCUT2D eigenvalue weighted by molar-refractivity contribution is 6.06.